The second-order valence-corrected chi connectivity index (χ2v) is 5.95. The number of hydrogen-bond acceptors (Lipinski definition) is 3. The summed E-state index contributed by atoms with van der Waals surface area (Å²) in [7, 11) is 0. The van der Waals surface area contributed by atoms with Gasteiger partial charge in [0.15, 0.2) is 0 Å². The monoisotopic (exact) mass is 254 g/mol. The second kappa shape index (κ2) is 4.18. The zero-order valence-electron chi connectivity index (χ0n) is 9.49. The van der Waals surface area contributed by atoms with Crippen molar-refractivity contribution >= 4 is 11.8 Å². The minimum atomic E-state index is -0.604. The first-order valence-corrected chi connectivity index (χ1v) is 7.08. The van der Waals surface area contributed by atoms with E-state index in [1.807, 2.05) is 11.8 Å². The summed E-state index contributed by atoms with van der Waals surface area (Å²) in [5.74, 6) is 2.41. The molecule has 1 aromatic rings. The Morgan fingerprint density at radius 1 is 1.47 bits per heavy atom. The van der Waals surface area contributed by atoms with E-state index in [2.05, 4.69) is 0 Å². The Morgan fingerprint density at radius 2 is 2.35 bits per heavy atom. The Balaban J connectivity index is 1.94. The van der Waals surface area contributed by atoms with Gasteiger partial charge in [0.1, 0.15) is 17.2 Å². The van der Waals surface area contributed by atoms with E-state index < -0.39 is 6.10 Å². The van der Waals surface area contributed by atoms with Crippen LogP contribution in [0.2, 0.25) is 0 Å². The Bertz CT molecular complexity index is 429. The number of ether oxygens (including phenoxy) is 1. The van der Waals surface area contributed by atoms with E-state index in [-0.39, 0.29) is 11.4 Å². The molecule has 2 atom stereocenters. The molecule has 2 heterocycles. The van der Waals surface area contributed by atoms with Crippen molar-refractivity contribution in [2.24, 2.45) is 0 Å². The van der Waals surface area contributed by atoms with Gasteiger partial charge in [-0.3, -0.25) is 0 Å². The van der Waals surface area contributed by atoms with Crippen molar-refractivity contribution in [3.63, 3.8) is 0 Å². The molecule has 0 aliphatic carbocycles. The Kier molecular flexibility index (Phi) is 2.79. The number of benzene rings is 1. The van der Waals surface area contributed by atoms with Gasteiger partial charge in [0.25, 0.3) is 0 Å². The maximum Gasteiger partial charge on any atom is 0.126 e. The van der Waals surface area contributed by atoms with Crippen LogP contribution in [0.4, 0.5) is 4.39 Å². The number of fused-ring (bicyclic) bond motifs is 1. The van der Waals surface area contributed by atoms with E-state index in [1.54, 1.807) is 6.07 Å². The summed E-state index contributed by atoms with van der Waals surface area (Å²) >= 11 is 1.87. The third-order valence-electron chi connectivity index (χ3n) is 3.51. The van der Waals surface area contributed by atoms with Crippen LogP contribution in [0.3, 0.4) is 0 Å². The molecule has 0 aromatic heterocycles. The molecule has 1 aromatic carbocycles. The first-order valence-electron chi connectivity index (χ1n) is 5.93. The molecule has 2 aliphatic rings. The van der Waals surface area contributed by atoms with Gasteiger partial charge in [-0.1, -0.05) is 0 Å². The minimum absolute atomic E-state index is 0.243. The first-order chi connectivity index (χ1) is 8.19. The van der Waals surface area contributed by atoms with E-state index in [9.17, 15) is 9.50 Å². The van der Waals surface area contributed by atoms with Crippen LogP contribution < -0.4 is 4.74 Å². The van der Waals surface area contributed by atoms with Crippen LogP contribution >= 0.6 is 11.8 Å². The molecule has 2 nitrogen and oxygen atoms in total. The highest BCUT2D eigenvalue weighted by atomic mass is 32.2. The molecule has 3 rings (SSSR count). The molecule has 0 bridgehead atoms. The Morgan fingerprint density at radius 3 is 3.12 bits per heavy atom. The van der Waals surface area contributed by atoms with Crippen molar-refractivity contribution in [1.82, 2.24) is 0 Å². The minimum Gasteiger partial charge on any atom is -0.486 e. The van der Waals surface area contributed by atoms with Crippen molar-refractivity contribution in [2.45, 2.75) is 31.0 Å². The number of hydrogen-bond donors (Lipinski definition) is 1. The maximum atomic E-state index is 13.1. The predicted octanol–water partition coefficient (Wildman–Crippen LogP) is 2.91. The molecule has 1 spiro atoms. The smallest absolute Gasteiger partial charge is 0.126 e. The number of aliphatic hydroxyl groups is 1. The second-order valence-electron chi connectivity index (χ2n) is 4.84. The summed E-state index contributed by atoms with van der Waals surface area (Å²) in [5, 5.41) is 10.1. The van der Waals surface area contributed by atoms with E-state index >= 15 is 0 Å². The van der Waals surface area contributed by atoms with Gasteiger partial charge in [-0.15, -0.1) is 0 Å². The Labute approximate surface area is 104 Å². The zero-order valence-corrected chi connectivity index (χ0v) is 10.3. The van der Waals surface area contributed by atoms with Gasteiger partial charge >= 0.3 is 0 Å². The largest absolute Gasteiger partial charge is 0.486 e. The lowest BCUT2D eigenvalue weighted by atomic mass is 9.86. The van der Waals surface area contributed by atoms with Crippen LogP contribution in [0, 0.1) is 5.82 Å². The van der Waals surface area contributed by atoms with Crippen molar-refractivity contribution in [2.75, 3.05) is 11.5 Å². The molecule has 17 heavy (non-hydrogen) atoms. The average molecular weight is 254 g/mol. The van der Waals surface area contributed by atoms with E-state index in [4.69, 9.17) is 4.74 Å². The number of rotatable bonds is 0. The van der Waals surface area contributed by atoms with Crippen LogP contribution in [0.25, 0.3) is 0 Å². The van der Waals surface area contributed by atoms with Gasteiger partial charge in [-0.2, -0.15) is 11.8 Å². The number of halogens is 1. The van der Waals surface area contributed by atoms with E-state index in [0.717, 1.165) is 24.3 Å². The van der Waals surface area contributed by atoms with Gasteiger partial charge < -0.3 is 9.84 Å². The lowest BCUT2D eigenvalue weighted by Gasteiger charge is -2.42. The standard InChI is InChI=1S/C13H15FO2S/c14-9-2-3-12-10(6-9)11(15)7-13(16-12)4-1-5-17-8-13/h2-3,6,11,15H,1,4-5,7-8H2. The predicted molar refractivity (Wildman–Crippen MR) is 65.9 cm³/mol. The SMILES string of the molecule is OC1CC2(CCCSC2)Oc2ccc(F)cc21. The van der Waals surface area contributed by atoms with Crippen molar-refractivity contribution in [3.8, 4) is 5.75 Å². The van der Waals surface area contributed by atoms with Crippen LogP contribution in [-0.4, -0.2) is 22.2 Å². The topological polar surface area (TPSA) is 29.5 Å². The zero-order chi connectivity index (χ0) is 11.9. The number of thioether (sulfide) groups is 1. The van der Waals surface area contributed by atoms with Crippen LogP contribution in [0.1, 0.15) is 30.9 Å². The molecule has 1 N–H and O–H groups in total. The molecule has 0 radical (unpaired) electrons. The van der Waals surface area contributed by atoms with Gasteiger partial charge in [0.05, 0.1) is 6.10 Å². The fraction of sp³-hybridized carbons (Fsp3) is 0.538. The fourth-order valence-electron chi connectivity index (χ4n) is 2.68. The summed E-state index contributed by atoms with van der Waals surface area (Å²) < 4.78 is 19.2. The third-order valence-corrected chi connectivity index (χ3v) is 4.82. The van der Waals surface area contributed by atoms with E-state index in [1.165, 1.54) is 12.1 Å². The average Bonchev–Trinajstić information content (AvgIpc) is 2.31. The van der Waals surface area contributed by atoms with E-state index in [0.29, 0.717) is 17.7 Å². The normalized spacial score (nSPS) is 32.0. The molecule has 1 fully saturated rings. The van der Waals surface area contributed by atoms with Gasteiger partial charge in [0, 0.05) is 17.7 Å². The van der Waals surface area contributed by atoms with Gasteiger partial charge in [-0.05, 0) is 36.8 Å². The van der Waals surface area contributed by atoms with Crippen molar-refractivity contribution < 1.29 is 14.2 Å². The summed E-state index contributed by atoms with van der Waals surface area (Å²) in [6.45, 7) is 0. The van der Waals surface area contributed by atoms with Crippen LogP contribution in [0.5, 0.6) is 5.75 Å². The first kappa shape index (κ1) is 11.4. The molecular formula is C13H15FO2S. The highest BCUT2D eigenvalue weighted by Gasteiger charge is 2.41. The Hall–Kier alpha value is -0.740. The lowest BCUT2D eigenvalue weighted by molar-refractivity contribution is -0.00578. The third kappa shape index (κ3) is 2.04. The summed E-state index contributed by atoms with van der Waals surface area (Å²) in [6, 6.07) is 4.40. The molecule has 2 unspecified atom stereocenters. The van der Waals surface area contributed by atoms with Gasteiger partial charge in [-0.25, -0.2) is 4.39 Å². The molecule has 0 saturated carbocycles. The lowest BCUT2D eigenvalue weighted by Crippen LogP contribution is -2.45. The molecule has 1 saturated heterocycles. The maximum absolute atomic E-state index is 13.1. The molecule has 4 heteroatoms. The molecule has 92 valence electrons. The summed E-state index contributed by atoms with van der Waals surface area (Å²) in [4.78, 5) is 0. The molecule has 2 aliphatic heterocycles. The fourth-order valence-corrected chi connectivity index (χ4v) is 3.86. The van der Waals surface area contributed by atoms with Crippen molar-refractivity contribution in [3.05, 3.63) is 29.6 Å². The molecule has 0 amide bonds. The summed E-state index contributed by atoms with van der Waals surface area (Å²) in [6.07, 6.45) is 2.08. The van der Waals surface area contributed by atoms with Crippen molar-refractivity contribution in [1.29, 1.82) is 0 Å². The van der Waals surface area contributed by atoms with Crippen LogP contribution in [-0.2, 0) is 0 Å². The molecular weight excluding hydrogens is 239 g/mol. The summed E-state index contributed by atoms with van der Waals surface area (Å²) in [5.41, 5.74) is 0.346. The highest BCUT2D eigenvalue weighted by molar-refractivity contribution is 7.99. The van der Waals surface area contributed by atoms with Gasteiger partial charge in [0.2, 0.25) is 0 Å². The highest BCUT2D eigenvalue weighted by Crippen LogP contribution is 2.45. The van der Waals surface area contributed by atoms with Crippen LogP contribution in [0.15, 0.2) is 18.2 Å². The quantitative estimate of drug-likeness (QED) is 0.772. The number of aliphatic hydroxyl groups excluding tert-OH is 1.